The minimum atomic E-state index is -1.05. The lowest BCUT2D eigenvalue weighted by molar-refractivity contribution is 0.181. The monoisotopic (exact) mass is 247 g/mol. The SMILES string of the molecule is COc1cc(Cl)c(C(O)CN)c(O)c1OC. The Kier molecular flexibility index (Phi) is 4.23. The summed E-state index contributed by atoms with van der Waals surface area (Å²) < 4.78 is 9.96. The first-order valence-corrected chi connectivity index (χ1v) is 4.96. The second-order valence-electron chi connectivity index (χ2n) is 3.11. The lowest BCUT2D eigenvalue weighted by atomic mass is 10.1. The van der Waals surface area contributed by atoms with E-state index < -0.39 is 6.10 Å². The quantitative estimate of drug-likeness (QED) is 0.741. The lowest BCUT2D eigenvalue weighted by Gasteiger charge is -2.17. The van der Waals surface area contributed by atoms with Crippen molar-refractivity contribution < 1.29 is 19.7 Å². The van der Waals surface area contributed by atoms with Crippen LogP contribution in [0.2, 0.25) is 5.02 Å². The molecule has 0 saturated carbocycles. The van der Waals surface area contributed by atoms with Crippen LogP contribution >= 0.6 is 11.6 Å². The minimum absolute atomic E-state index is 0.0528. The number of phenolic OH excluding ortho intramolecular Hbond substituents is 1. The fourth-order valence-corrected chi connectivity index (χ4v) is 1.71. The Labute approximate surface area is 98.3 Å². The second kappa shape index (κ2) is 5.25. The Balaban J connectivity index is 3.40. The van der Waals surface area contributed by atoms with Crippen molar-refractivity contribution in [1.29, 1.82) is 0 Å². The molecular formula is C10H14ClNO4. The Bertz CT molecular complexity index is 384. The van der Waals surface area contributed by atoms with E-state index in [2.05, 4.69) is 0 Å². The number of hydrogen-bond donors (Lipinski definition) is 3. The number of benzene rings is 1. The van der Waals surface area contributed by atoms with E-state index in [1.54, 1.807) is 0 Å². The fourth-order valence-electron chi connectivity index (χ4n) is 1.39. The number of aromatic hydroxyl groups is 1. The van der Waals surface area contributed by atoms with Gasteiger partial charge < -0.3 is 25.4 Å². The number of hydrogen-bond acceptors (Lipinski definition) is 5. The molecule has 90 valence electrons. The normalized spacial score (nSPS) is 12.3. The maximum Gasteiger partial charge on any atom is 0.203 e. The highest BCUT2D eigenvalue weighted by Crippen LogP contribution is 2.45. The number of ether oxygens (including phenoxy) is 2. The van der Waals surface area contributed by atoms with Gasteiger partial charge in [-0.2, -0.15) is 0 Å². The molecule has 0 aliphatic carbocycles. The third-order valence-electron chi connectivity index (χ3n) is 2.19. The van der Waals surface area contributed by atoms with Gasteiger partial charge in [0.1, 0.15) is 0 Å². The summed E-state index contributed by atoms with van der Waals surface area (Å²) in [6.45, 7) is -0.0528. The summed E-state index contributed by atoms with van der Waals surface area (Å²) in [4.78, 5) is 0. The number of methoxy groups -OCH3 is 2. The molecule has 0 amide bonds. The molecule has 1 unspecified atom stereocenters. The average Bonchev–Trinajstić information content (AvgIpc) is 2.27. The highest BCUT2D eigenvalue weighted by molar-refractivity contribution is 6.31. The Morgan fingerprint density at radius 2 is 2.06 bits per heavy atom. The third-order valence-corrected chi connectivity index (χ3v) is 2.50. The van der Waals surface area contributed by atoms with Crippen molar-refractivity contribution in [2.24, 2.45) is 5.73 Å². The average molecular weight is 248 g/mol. The predicted molar refractivity (Wildman–Crippen MR) is 60.2 cm³/mol. The molecule has 0 aromatic heterocycles. The fraction of sp³-hybridized carbons (Fsp3) is 0.400. The zero-order valence-corrected chi connectivity index (χ0v) is 9.78. The maximum absolute atomic E-state index is 9.88. The highest BCUT2D eigenvalue weighted by Gasteiger charge is 2.22. The van der Waals surface area contributed by atoms with Crippen LogP contribution in [0.1, 0.15) is 11.7 Å². The number of nitrogens with two attached hydrogens (primary N) is 1. The molecule has 0 spiro atoms. The molecule has 0 aliphatic heterocycles. The van der Waals surface area contributed by atoms with Crippen LogP contribution in [0, 0.1) is 0 Å². The summed E-state index contributed by atoms with van der Waals surface area (Å²) in [6.07, 6.45) is -1.05. The molecule has 0 radical (unpaired) electrons. The van der Waals surface area contributed by atoms with Gasteiger partial charge in [0.25, 0.3) is 0 Å². The van der Waals surface area contributed by atoms with Crippen molar-refractivity contribution in [1.82, 2.24) is 0 Å². The standard InChI is InChI=1S/C10H14ClNO4/c1-15-7-3-5(11)8(6(13)4-12)9(14)10(7)16-2/h3,6,13-14H,4,12H2,1-2H3. The van der Waals surface area contributed by atoms with Crippen LogP contribution in [0.4, 0.5) is 0 Å². The Morgan fingerprint density at radius 1 is 1.44 bits per heavy atom. The van der Waals surface area contributed by atoms with E-state index in [0.29, 0.717) is 0 Å². The van der Waals surface area contributed by atoms with Crippen LogP contribution in [0.5, 0.6) is 17.2 Å². The molecule has 5 nitrogen and oxygen atoms in total. The number of aliphatic hydroxyl groups excluding tert-OH is 1. The maximum atomic E-state index is 9.88. The predicted octanol–water partition coefficient (Wildman–Crippen LogP) is 1.05. The molecule has 1 aromatic carbocycles. The van der Waals surface area contributed by atoms with Gasteiger partial charge in [-0.05, 0) is 0 Å². The van der Waals surface area contributed by atoms with Gasteiger partial charge in [0.05, 0.1) is 25.3 Å². The van der Waals surface area contributed by atoms with Crippen LogP contribution in [0.3, 0.4) is 0 Å². The van der Waals surface area contributed by atoms with E-state index in [-0.39, 0.29) is 34.4 Å². The van der Waals surface area contributed by atoms with Gasteiger partial charge in [0.2, 0.25) is 5.75 Å². The molecule has 16 heavy (non-hydrogen) atoms. The van der Waals surface area contributed by atoms with E-state index in [1.807, 2.05) is 0 Å². The summed E-state index contributed by atoms with van der Waals surface area (Å²) >= 11 is 5.90. The second-order valence-corrected chi connectivity index (χ2v) is 3.51. The topological polar surface area (TPSA) is 84.9 Å². The lowest BCUT2D eigenvalue weighted by Crippen LogP contribution is -2.12. The van der Waals surface area contributed by atoms with E-state index >= 15 is 0 Å². The molecule has 0 fully saturated rings. The molecule has 0 saturated heterocycles. The van der Waals surface area contributed by atoms with Gasteiger partial charge in [0.15, 0.2) is 11.5 Å². The molecule has 0 heterocycles. The zero-order chi connectivity index (χ0) is 12.3. The summed E-state index contributed by atoms with van der Waals surface area (Å²) in [5.41, 5.74) is 5.45. The van der Waals surface area contributed by atoms with Crippen molar-refractivity contribution in [2.75, 3.05) is 20.8 Å². The molecule has 0 aliphatic rings. The largest absolute Gasteiger partial charge is 0.504 e. The van der Waals surface area contributed by atoms with E-state index in [1.165, 1.54) is 20.3 Å². The first kappa shape index (κ1) is 12.9. The molecule has 1 rings (SSSR count). The van der Waals surface area contributed by atoms with Gasteiger partial charge >= 0.3 is 0 Å². The van der Waals surface area contributed by atoms with E-state index in [4.69, 9.17) is 26.8 Å². The van der Waals surface area contributed by atoms with Crippen molar-refractivity contribution >= 4 is 11.6 Å². The Morgan fingerprint density at radius 3 is 2.50 bits per heavy atom. The highest BCUT2D eigenvalue weighted by atomic mass is 35.5. The van der Waals surface area contributed by atoms with Crippen molar-refractivity contribution in [3.8, 4) is 17.2 Å². The van der Waals surface area contributed by atoms with Crippen molar-refractivity contribution in [3.63, 3.8) is 0 Å². The van der Waals surface area contributed by atoms with E-state index in [0.717, 1.165) is 0 Å². The van der Waals surface area contributed by atoms with Gasteiger partial charge in [0, 0.05) is 18.2 Å². The van der Waals surface area contributed by atoms with Gasteiger partial charge in [-0.3, -0.25) is 0 Å². The summed E-state index contributed by atoms with van der Waals surface area (Å²) in [6, 6.07) is 1.45. The smallest absolute Gasteiger partial charge is 0.203 e. The first-order valence-electron chi connectivity index (χ1n) is 4.58. The van der Waals surface area contributed by atoms with Crippen LogP contribution < -0.4 is 15.2 Å². The summed E-state index contributed by atoms with van der Waals surface area (Å²) in [7, 11) is 2.80. The minimum Gasteiger partial charge on any atom is -0.504 e. The zero-order valence-electron chi connectivity index (χ0n) is 9.03. The van der Waals surface area contributed by atoms with Crippen molar-refractivity contribution in [3.05, 3.63) is 16.7 Å². The number of halogens is 1. The van der Waals surface area contributed by atoms with Crippen LogP contribution in [-0.2, 0) is 0 Å². The van der Waals surface area contributed by atoms with Gasteiger partial charge in [-0.1, -0.05) is 11.6 Å². The molecular weight excluding hydrogens is 234 g/mol. The number of aliphatic hydroxyl groups is 1. The Hall–Kier alpha value is -1.17. The first-order chi connectivity index (χ1) is 7.56. The molecule has 0 bridgehead atoms. The number of rotatable bonds is 4. The molecule has 6 heteroatoms. The van der Waals surface area contributed by atoms with Gasteiger partial charge in [-0.25, -0.2) is 0 Å². The molecule has 1 aromatic rings. The van der Waals surface area contributed by atoms with Crippen molar-refractivity contribution in [2.45, 2.75) is 6.10 Å². The summed E-state index contributed by atoms with van der Waals surface area (Å²) in [5, 5.41) is 19.7. The van der Waals surface area contributed by atoms with Crippen LogP contribution in [-0.4, -0.2) is 31.0 Å². The van der Waals surface area contributed by atoms with Crippen LogP contribution in [0.25, 0.3) is 0 Å². The molecule has 1 atom stereocenters. The molecule has 4 N–H and O–H groups in total. The van der Waals surface area contributed by atoms with Crippen LogP contribution in [0.15, 0.2) is 6.07 Å². The third kappa shape index (κ3) is 2.16. The van der Waals surface area contributed by atoms with E-state index in [9.17, 15) is 10.2 Å². The summed E-state index contributed by atoms with van der Waals surface area (Å²) in [5.74, 6) is 0.150. The number of phenols is 1. The van der Waals surface area contributed by atoms with Gasteiger partial charge in [-0.15, -0.1) is 0 Å².